The molecule has 0 saturated carbocycles. The van der Waals surface area contributed by atoms with E-state index in [9.17, 15) is 12.8 Å². The van der Waals surface area contributed by atoms with Crippen LogP contribution in [0.1, 0.15) is 29.2 Å². The first kappa shape index (κ1) is 23.4. The zero-order chi connectivity index (χ0) is 25.4. The van der Waals surface area contributed by atoms with Gasteiger partial charge in [0.1, 0.15) is 17.6 Å². The highest BCUT2D eigenvalue weighted by Crippen LogP contribution is 2.37. The van der Waals surface area contributed by atoms with Crippen molar-refractivity contribution < 1.29 is 21.9 Å². The molecule has 1 aliphatic heterocycles. The van der Waals surface area contributed by atoms with E-state index in [1.54, 1.807) is 24.8 Å². The van der Waals surface area contributed by atoms with Crippen LogP contribution in [0.5, 0.6) is 5.88 Å². The normalized spacial score (nSPS) is 15.2. The van der Waals surface area contributed by atoms with Crippen molar-refractivity contribution in [3.05, 3.63) is 71.6 Å². The Hall–Kier alpha value is -4.31. The van der Waals surface area contributed by atoms with Crippen LogP contribution >= 0.6 is 0 Å². The molecule has 0 amide bonds. The lowest BCUT2D eigenvalue weighted by Crippen LogP contribution is -2.22. The average Bonchev–Trinajstić information content (AvgIpc) is 3.55. The maximum atomic E-state index is 15.6. The van der Waals surface area contributed by atoms with Gasteiger partial charge < -0.3 is 14.3 Å². The second kappa shape index (κ2) is 9.04. The Kier molecular flexibility index (Phi) is 5.89. The number of hydrogen-bond acceptors (Lipinski definition) is 7. The number of imidazole rings is 2. The number of nitriles is 1. The van der Waals surface area contributed by atoms with Crippen LogP contribution < -0.4 is 9.46 Å². The molecule has 10 nitrogen and oxygen atoms in total. The predicted molar refractivity (Wildman–Crippen MR) is 124 cm³/mol. The number of anilines is 1. The number of halogens is 2. The molecule has 0 unspecified atom stereocenters. The zero-order valence-electron chi connectivity index (χ0n) is 18.9. The van der Waals surface area contributed by atoms with Gasteiger partial charge in [-0.1, -0.05) is 0 Å². The SMILES string of the molecule is COc1ncc(C#N)cc1S(=O)(=O)Nc1ccc(F)c([C@@H]2CCc3c(-c4ncc[nH]4)ncn3C2)c1F. The molecular weight excluding hydrogens is 492 g/mol. The molecule has 1 aliphatic rings. The molecular formula is C23H19F2N7O3S. The third-order valence-electron chi connectivity index (χ3n) is 6.02. The number of methoxy groups -OCH3 is 1. The fraction of sp³-hybridized carbons (Fsp3) is 0.217. The molecule has 2 N–H and O–H groups in total. The van der Waals surface area contributed by atoms with Gasteiger partial charge in [0.15, 0.2) is 16.5 Å². The molecule has 0 bridgehead atoms. The Morgan fingerprint density at radius 2 is 2.11 bits per heavy atom. The van der Waals surface area contributed by atoms with Crippen molar-refractivity contribution in [1.29, 1.82) is 5.26 Å². The second-order valence-corrected chi connectivity index (χ2v) is 9.79. The summed E-state index contributed by atoms with van der Waals surface area (Å²) in [5.41, 5.74) is 0.913. The first-order valence-electron chi connectivity index (χ1n) is 10.8. The predicted octanol–water partition coefficient (Wildman–Crippen LogP) is 3.36. The van der Waals surface area contributed by atoms with Gasteiger partial charge in [0.25, 0.3) is 10.0 Å². The van der Waals surface area contributed by atoms with E-state index in [4.69, 9.17) is 10.00 Å². The maximum absolute atomic E-state index is 15.6. The van der Waals surface area contributed by atoms with Crippen LogP contribution in [0.3, 0.4) is 0 Å². The molecule has 0 spiro atoms. The topological polar surface area (TPSA) is 139 Å². The Morgan fingerprint density at radius 3 is 2.83 bits per heavy atom. The number of hydrogen-bond donors (Lipinski definition) is 2. The third kappa shape index (κ3) is 4.05. The average molecular weight is 512 g/mol. The summed E-state index contributed by atoms with van der Waals surface area (Å²) < 4.78 is 65.5. The van der Waals surface area contributed by atoms with Crippen LogP contribution in [0.2, 0.25) is 0 Å². The number of nitrogens with one attached hydrogen (secondary N) is 2. The van der Waals surface area contributed by atoms with Gasteiger partial charge in [0.05, 0.1) is 24.7 Å². The van der Waals surface area contributed by atoms with Crippen LogP contribution in [0, 0.1) is 23.0 Å². The quantitative estimate of drug-likeness (QED) is 0.405. The van der Waals surface area contributed by atoms with Gasteiger partial charge in [-0.05, 0) is 31.0 Å². The molecule has 1 aromatic carbocycles. The Morgan fingerprint density at radius 1 is 1.28 bits per heavy atom. The molecule has 36 heavy (non-hydrogen) atoms. The molecule has 0 aliphatic carbocycles. The highest BCUT2D eigenvalue weighted by Gasteiger charge is 2.30. The monoisotopic (exact) mass is 511 g/mol. The number of aromatic amines is 1. The minimum atomic E-state index is -4.42. The summed E-state index contributed by atoms with van der Waals surface area (Å²) in [6.45, 7) is 0.259. The number of pyridine rings is 1. The van der Waals surface area contributed by atoms with Crippen molar-refractivity contribution in [3.63, 3.8) is 0 Å². The number of fused-ring (bicyclic) bond motifs is 1. The second-order valence-electron chi connectivity index (χ2n) is 8.14. The highest BCUT2D eigenvalue weighted by atomic mass is 32.2. The summed E-state index contributed by atoms with van der Waals surface area (Å²) in [4.78, 5) is 15.0. The molecule has 3 aromatic heterocycles. The smallest absolute Gasteiger partial charge is 0.267 e. The molecule has 0 radical (unpaired) electrons. The lowest BCUT2D eigenvalue weighted by atomic mass is 9.89. The van der Waals surface area contributed by atoms with Gasteiger partial charge >= 0.3 is 0 Å². The lowest BCUT2D eigenvalue weighted by Gasteiger charge is -2.26. The summed E-state index contributed by atoms with van der Waals surface area (Å²) in [6, 6.07) is 4.90. The lowest BCUT2D eigenvalue weighted by molar-refractivity contribution is 0.385. The van der Waals surface area contributed by atoms with Crippen molar-refractivity contribution in [3.8, 4) is 23.5 Å². The summed E-state index contributed by atoms with van der Waals surface area (Å²) in [6.07, 6.45) is 6.98. The molecule has 1 atom stereocenters. The highest BCUT2D eigenvalue weighted by molar-refractivity contribution is 7.92. The van der Waals surface area contributed by atoms with E-state index >= 15 is 4.39 Å². The van der Waals surface area contributed by atoms with E-state index in [1.165, 1.54) is 7.11 Å². The first-order valence-corrected chi connectivity index (χ1v) is 12.3. The first-order chi connectivity index (χ1) is 17.3. The number of aromatic nitrogens is 5. The van der Waals surface area contributed by atoms with Crippen LogP contribution in [0.15, 0.2) is 48.0 Å². The van der Waals surface area contributed by atoms with E-state index in [1.807, 2.05) is 4.57 Å². The Labute approximate surface area is 204 Å². The summed E-state index contributed by atoms with van der Waals surface area (Å²) >= 11 is 0. The Bertz CT molecular complexity index is 1590. The molecule has 13 heteroatoms. The minimum absolute atomic E-state index is 0.0244. The summed E-state index contributed by atoms with van der Waals surface area (Å²) in [7, 11) is -3.20. The fourth-order valence-corrected chi connectivity index (χ4v) is 5.56. The minimum Gasteiger partial charge on any atom is -0.480 e. The fourth-order valence-electron chi connectivity index (χ4n) is 4.36. The van der Waals surface area contributed by atoms with Crippen molar-refractivity contribution in [2.24, 2.45) is 0 Å². The van der Waals surface area contributed by atoms with Crippen LogP contribution in [0.25, 0.3) is 11.5 Å². The van der Waals surface area contributed by atoms with E-state index in [0.717, 1.165) is 30.1 Å². The van der Waals surface area contributed by atoms with Crippen molar-refractivity contribution in [2.75, 3.05) is 11.8 Å². The number of benzene rings is 1. The molecule has 0 fully saturated rings. The standard InChI is InChI=1S/C23H19F2N7O3S/c1-35-23-18(8-13(9-26)10-29-23)36(33,34)31-16-4-3-15(24)19(20(16)25)14-2-5-17-21(22-27-6-7-28-22)30-12-32(17)11-14/h3-4,6-8,10,12,14,31H,2,5,11H2,1H3,(H,27,28)/t14-/m1/s1. The van der Waals surface area contributed by atoms with Crippen molar-refractivity contribution in [1.82, 2.24) is 24.5 Å². The Balaban J connectivity index is 1.47. The molecule has 184 valence electrons. The largest absolute Gasteiger partial charge is 0.480 e. The van der Waals surface area contributed by atoms with Gasteiger partial charge in [0, 0.05) is 42.3 Å². The van der Waals surface area contributed by atoms with Crippen molar-refractivity contribution >= 4 is 15.7 Å². The molecule has 5 rings (SSSR count). The number of ether oxygens (including phenoxy) is 1. The van der Waals surface area contributed by atoms with E-state index < -0.39 is 38.2 Å². The van der Waals surface area contributed by atoms with Gasteiger partial charge in [-0.25, -0.2) is 32.2 Å². The van der Waals surface area contributed by atoms with E-state index in [0.29, 0.717) is 24.4 Å². The van der Waals surface area contributed by atoms with Gasteiger partial charge in [0.2, 0.25) is 5.88 Å². The van der Waals surface area contributed by atoms with Crippen LogP contribution in [-0.2, 0) is 23.0 Å². The summed E-state index contributed by atoms with van der Waals surface area (Å²) in [5, 5.41) is 9.10. The molecule has 0 saturated heterocycles. The number of sulfonamides is 1. The van der Waals surface area contributed by atoms with Crippen LogP contribution in [0.4, 0.5) is 14.5 Å². The van der Waals surface area contributed by atoms with Gasteiger partial charge in [-0.2, -0.15) is 5.26 Å². The number of nitrogens with zero attached hydrogens (tertiary/aromatic N) is 5. The third-order valence-corrected chi connectivity index (χ3v) is 7.38. The summed E-state index contributed by atoms with van der Waals surface area (Å²) in [5.74, 6) is -2.00. The maximum Gasteiger partial charge on any atom is 0.267 e. The van der Waals surface area contributed by atoms with Crippen LogP contribution in [-0.4, -0.2) is 40.0 Å². The zero-order valence-corrected chi connectivity index (χ0v) is 19.7. The number of rotatable bonds is 6. The van der Waals surface area contributed by atoms with Gasteiger partial charge in [-0.15, -0.1) is 0 Å². The molecule has 4 aromatic rings. The number of H-pyrrole nitrogens is 1. The van der Waals surface area contributed by atoms with E-state index in [2.05, 4.69) is 24.7 Å². The molecule has 4 heterocycles. The van der Waals surface area contributed by atoms with Crippen molar-refractivity contribution in [2.45, 2.75) is 30.2 Å². The van der Waals surface area contributed by atoms with E-state index in [-0.39, 0.29) is 23.6 Å². The van der Waals surface area contributed by atoms with Gasteiger partial charge in [-0.3, -0.25) is 4.72 Å².